The molecule has 4 N–H and O–H groups in total. The third-order valence-electron chi connectivity index (χ3n) is 3.35. The largest absolute Gasteiger partial charge is 0.497 e. The van der Waals surface area contributed by atoms with E-state index in [2.05, 4.69) is 20.9 Å². The van der Waals surface area contributed by atoms with Gasteiger partial charge in [-0.25, -0.2) is 9.66 Å². The summed E-state index contributed by atoms with van der Waals surface area (Å²) in [4.78, 5) is 4.61. The predicted molar refractivity (Wildman–Crippen MR) is 78.5 cm³/mol. The molecule has 6 heteroatoms. The summed E-state index contributed by atoms with van der Waals surface area (Å²) >= 11 is 3.52. The first-order chi connectivity index (χ1) is 9.11. The Morgan fingerprint density at radius 2 is 2.16 bits per heavy atom. The normalized spacial score (nSPS) is 14.6. The zero-order valence-electron chi connectivity index (χ0n) is 10.6. The highest BCUT2D eigenvalue weighted by Gasteiger charge is 2.30. The van der Waals surface area contributed by atoms with Crippen LogP contribution in [0.5, 0.6) is 5.75 Å². The Morgan fingerprint density at radius 3 is 2.79 bits per heavy atom. The maximum Gasteiger partial charge on any atom is 0.150 e. The Labute approximate surface area is 119 Å². The SMILES string of the molecule is COc1ccc(Br)c(-c2nc(C3CC3)n(N)c2N)c1. The Morgan fingerprint density at radius 1 is 1.42 bits per heavy atom. The third-order valence-corrected chi connectivity index (χ3v) is 4.04. The smallest absolute Gasteiger partial charge is 0.150 e. The summed E-state index contributed by atoms with van der Waals surface area (Å²) in [6.07, 6.45) is 2.26. The highest BCUT2D eigenvalue weighted by atomic mass is 79.9. The van der Waals surface area contributed by atoms with Crippen LogP contribution in [0.1, 0.15) is 24.6 Å². The molecule has 100 valence electrons. The molecule has 1 aliphatic rings. The van der Waals surface area contributed by atoms with E-state index in [1.54, 1.807) is 7.11 Å². The number of anilines is 1. The number of imidazole rings is 1. The van der Waals surface area contributed by atoms with Gasteiger partial charge in [0.1, 0.15) is 17.3 Å². The first kappa shape index (κ1) is 12.3. The average molecular weight is 323 g/mol. The molecule has 0 unspecified atom stereocenters. The Balaban J connectivity index is 2.13. The summed E-state index contributed by atoms with van der Waals surface area (Å²) in [7, 11) is 1.63. The van der Waals surface area contributed by atoms with Gasteiger partial charge in [-0.2, -0.15) is 0 Å². The zero-order chi connectivity index (χ0) is 13.6. The van der Waals surface area contributed by atoms with E-state index in [1.165, 1.54) is 4.68 Å². The second-order valence-corrected chi connectivity index (χ2v) is 5.55. The predicted octanol–water partition coefficient (Wildman–Crippen LogP) is 2.49. The number of rotatable bonds is 3. The highest BCUT2D eigenvalue weighted by Crippen LogP contribution is 2.42. The summed E-state index contributed by atoms with van der Waals surface area (Å²) < 4.78 is 7.66. The summed E-state index contributed by atoms with van der Waals surface area (Å²) in [5.41, 5.74) is 7.67. The monoisotopic (exact) mass is 322 g/mol. The minimum absolute atomic E-state index is 0.449. The second kappa shape index (κ2) is 4.45. The van der Waals surface area contributed by atoms with E-state index in [0.29, 0.717) is 17.4 Å². The van der Waals surface area contributed by atoms with E-state index in [-0.39, 0.29) is 0 Å². The molecule has 2 aromatic rings. The minimum atomic E-state index is 0.449. The van der Waals surface area contributed by atoms with Crippen LogP contribution in [-0.4, -0.2) is 16.8 Å². The molecule has 0 aliphatic heterocycles. The lowest BCUT2D eigenvalue weighted by atomic mass is 10.1. The molecule has 19 heavy (non-hydrogen) atoms. The fourth-order valence-electron chi connectivity index (χ4n) is 2.10. The van der Waals surface area contributed by atoms with Crippen LogP contribution in [-0.2, 0) is 0 Å². The number of nitrogens with zero attached hydrogens (tertiary/aromatic N) is 2. The lowest BCUT2D eigenvalue weighted by Gasteiger charge is -2.06. The van der Waals surface area contributed by atoms with E-state index in [0.717, 1.165) is 34.5 Å². The van der Waals surface area contributed by atoms with Crippen molar-refractivity contribution in [2.24, 2.45) is 0 Å². The van der Waals surface area contributed by atoms with E-state index in [9.17, 15) is 0 Å². The fraction of sp³-hybridized carbons (Fsp3) is 0.308. The summed E-state index contributed by atoms with van der Waals surface area (Å²) in [6, 6.07) is 5.70. The zero-order valence-corrected chi connectivity index (χ0v) is 12.1. The summed E-state index contributed by atoms with van der Waals surface area (Å²) in [5, 5.41) is 0. The van der Waals surface area contributed by atoms with Gasteiger partial charge in [0.25, 0.3) is 0 Å². The maximum atomic E-state index is 6.08. The summed E-state index contributed by atoms with van der Waals surface area (Å²) in [5.74, 6) is 8.54. The number of halogens is 1. The van der Waals surface area contributed by atoms with Crippen LogP contribution >= 0.6 is 15.9 Å². The number of ether oxygens (including phenoxy) is 1. The van der Waals surface area contributed by atoms with Gasteiger partial charge in [0.15, 0.2) is 5.82 Å². The van der Waals surface area contributed by atoms with Gasteiger partial charge in [-0.15, -0.1) is 0 Å². The molecule has 1 saturated carbocycles. The van der Waals surface area contributed by atoms with Crippen LogP contribution in [0.25, 0.3) is 11.3 Å². The van der Waals surface area contributed by atoms with Crippen LogP contribution < -0.4 is 16.3 Å². The molecule has 0 bridgehead atoms. The van der Waals surface area contributed by atoms with E-state index < -0.39 is 0 Å². The van der Waals surface area contributed by atoms with Gasteiger partial charge in [-0.1, -0.05) is 15.9 Å². The van der Waals surface area contributed by atoms with Crippen molar-refractivity contribution >= 4 is 21.7 Å². The molecule has 1 heterocycles. The van der Waals surface area contributed by atoms with Crippen molar-refractivity contribution in [3.8, 4) is 17.0 Å². The number of nitrogen functional groups attached to an aromatic ring is 2. The standard InChI is InChI=1S/C13H15BrN4O/c1-19-8-4-5-10(14)9(6-8)11-12(15)18(16)13(17-11)7-2-3-7/h4-7H,2-3,15-16H2,1H3. The first-order valence-electron chi connectivity index (χ1n) is 6.09. The third kappa shape index (κ3) is 2.06. The van der Waals surface area contributed by atoms with Gasteiger partial charge in [-0.05, 0) is 31.0 Å². The quantitative estimate of drug-likeness (QED) is 0.851. The number of benzene rings is 1. The van der Waals surface area contributed by atoms with Crippen molar-refractivity contribution in [1.29, 1.82) is 0 Å². The number of methoxy groups -OCH3 is 1. The van der Waals surface area contributed by atoms with Gasteiger partial charge in [0.05, 0.1) is 7.11 Å². The molecule has 1 aromatic carbocycles. The van der Waals surface area contributed by atoms with Crippen molar-refractivity contribution in [2.45, 2.75) is 18.8 Å². The van der Waals surface area contributed by atoms with Gasteiger partial charge in [0, 0.05) is 16.0 Å². The lowest BCUT2D eigenvalue weighted by molar-refractivity contribution is 0.415. The van der Waals surface area contributed by atoms with Crippen molar-refractivity contribution in [3.63, 3.8) is 0 Å². The van der Waals surface area contributed by atoms with Crippen LogP contribution in [0.3, 0.4) is 0 Å². The Hall–Kier alpha value is -1.69. The number of aromatic nitrogens is 2. The van der Waals surface area contributed by atoms with E-state index in [1.807, 2.05) is 18.2 Å². The molecule has 3 rings (SSSR count). The Kier molecular flexibility index (Phi) is 2.89. The molecule has 0 atom stereocenters. The molecular formula is C13H15BrN4O. The molecule has 0 radical (unpaired) electrons. The minimum Gasteiger partial charge on any atom is -0.497 e. The first-order valence-corrected chi connectivity index (χ1v) is 6.88. The van der Waals surface area contributed by atoms with Gasteiger partial charge >= 0.3 is 0 Å². The molecule has 1 aliphatic carbocycles. The van der Waals surface area contributed by atoms with E-state index >= 15 is 0 Å². The topological polar surface area (TPSA) is 79.1 Å². The number of nitrogens with two attached hydrogens (primary N) is 2. The molecule has 5 nitrogen and oxygen atoms in total. The Bertz CT molecular complexity index is 634. The van der Waals surface area contributed by atoms with E-state index in [4.69, 9.17) is 16.3 Å². The van der Waals surface area contributed by atoms with Crippen LogP contribution in [0.2, 0.25) is 0 Å². The molecule has 1 fully saturated rings. The molecule has 1 aromatic heterocycles. The highest BCUT2D eigenvalue weighted by molar-refractivity contribution is 9.10. The fourth-order valence-corrected chi connectivity index (χ4v) is 2.54. The molecular weight excluding hydrogens is 308 g/mol. The molecule has 0 saturated heterocycles. The van der Waals surface area contributed by atoms with Crippen molar-refractivity contribution in [1.82, 2.24) is 9.66 Å². The summed E-state index contributed by atoms with van der Waals surface area (Å²) in [6.45, 7) is 0. The molecule has 0 amide bonds. The van der Waals surface area contributed by atoms with Gasteiger partial charge in [-0.3, -0.25) is 0 Å². The number of hydrogen-bond donors (Lipinski definition) is 2. The van der Waals surface area contributed by atoms with Crippen molar-refractivity contribution in [3.05, 3.63) is 28.5 Å². The average Bonchev–Trinajstić information content (AvgIpc) is 3.20. The lowest BCUT2D eigenvalue weighted by Crippen LogP contribution is -2.14. The van der Waals surface area contributed by atoms with Crippen molar-refractivity contribution < 1.29 is 4.74 Å². The second-order valence-electron chi connectivity index (χ2n) is 4.69. The van der Waals surface area contributed by atoms with Crippen LogP contribution in [0, 0.1) is 0 Å². The van der Waals surface area contributed by atoms with Crippen LogP contribution in [0.4, 0.5) is 5.82 Å². The number of hydrogen-bond acceptors (Lipinski definition) is 4. The molecule has 0 spiro atoms. The van der Waals surface area contributed by atoms with Gasteiger partial charge in [0.2, 0.25) is 0 Å². The van der Waals surface area contributed by atoms with Crippen molar-refractivity contribution in [2.75, 3.05) is 18.7 Å². The van der Waals surface area contributed by atoms with Crippen LogP contribution in [0.15, 0.2) is 22.7 Å². The van der Waals surface area contributed by atoms with Gasteiger partial charge < -0.3 is 16.3 Å². The maximum absolute atomic E-state index is 6.08.